The first-order chi connectivity index (χ1) is 22.4. The van der Waals surface area contributed by atoms with Gasteiger partial charge in [-0.25, -0.2) is 4.79 Å². The van der Waals surface area contributed by atoms with E-state index < -0.39 is 104 Å². The largest absolute Gasteiger partial charge is 0.458 e. The minimum atomic E-state index is -1.42. The first-order valence-electron chi connectivity index (χ1n) is 15.7. The third-order valence-electron chi connectivity index (χ3n) is 10.8. The van der Waals surface area contributed by atoms with E-state index in [2.05, 4.69) is 35.7 Å². The summed E-state index contributed by atoms with van der Waals surface area (Å²) in [5.74, 6) is -3.15. The van der Waals surface area contributed by atoms with Gasteiger partial charge in [-0.3, -0.25) is 9.59 Å². The molecule has 0 radical (unpaired) electrons. The fourth-order valence-electron chi connectivity index (χ4n) is 8.70. The summed E-state index contributed by atoms with van der Waals surface area (Å²) in [5.41, 5.74) is -1.95. The summed E-state index contributed by atoms with van der Waals surface area (Å²) in [7, 11) is 10.4. The number of aliphatic hydroxyl groups is 2. The van der Waals surface area contributed by atoms with Crippen molar-refractivity contribution in [3.8, 4) is 0 Å². The first kappa shape index (κ1) is 39.4. The Morgan fingerprint density at radius 1 is 0.938 bits per heavy atom. The maximum Gasteiger partial charge on any atom is 0.338 e. The minimum absolute atomic E-state index is 0.0146. The highest BCUT2D eigenvalue weighted by atomic mass is 33.0. The monoisotopic (exact) mass is 796 g/mol. The lowest BCUT2D eigenvalue weighted by Gasteiger charge is -2.68. The first-order valence-corrected chi connectivity index (χ1v) is 27.6. The smallest absolute Gasteiger partial charge is 0.338 e. The average molecular weight is 797 g/mol. The quantitative estimate of drug-likeness (QED) is 0.127. The molecule has 1 heterocycles. The van der Waals surface area contributed by atoms with Crippen LogP contribution in [0, 0.1) is 22.7 Å². The molecule has 0 amide bonds. The van der Waals surface area contributed by atoms with Gasteiger partial charge < -0.3 is 33.7 Å². The van der Waals surface area contributed by atoms with Crippen LogP contribution in [0.25, 0.3) is 0 Å². The van der Waals surface area contributed by atoms with E-state index in [4.69, 9.17) is 23.5 Å². The summed E-state index contributed by atoms with van der Waals surface area (Å²) < 4.78 is 32.2. The van der Waals surface area contributed by atoms with Crippen LogP contribution >= 0.6 is 57.2 Å². The van der Waals surface area contributed by atoms with E-state index in [1.165, 1.54) is 13.8 Å². The standard InChI is InChI=1S/C31H47O10P7/c1-15-20(34)12-19-24(39-28(36)18-10-8-7-9-11-18)26-30(6,27(35)25(38-16(2)32)23(15)29(19,4)5)21(41-46(47(42)43)48(44)45)13-22-31(26,14-37-22)40-17(3)33/h7-11,19-22,24-27,34-35H,12-14,42-45H2,1-6H3/t19?,20-,21-,22+,24?,25+,26?,27+,30+,31-/m0/s1. The second kappa shape index (κ2) is 14.9. The summed E-state index contributed by atoms with van der Waals surface area (Å²) in [4.78, 5) is 39.8. The predicted octanol–water partition coefficient (Wildman–Crippen LogP) is 6.70. The lowest BCUT2D eigenvalue weighted by Crippen LogP contribution is -2.80. The molecular formula is C31H47O10P7. The van der Waals surface area contributed by atoms with Crippen LogP contribution in [0.15, 0.2) is 41.5 Å². The molecule has 3 fully saturated rings. The van der Waals surface area contributed by atoms with Crippen LogP contribution in [0.1, 0.15) is 64.7 Å². The van der Waals surface area contributed by atoms with Crippen molar-refractivity contribution in [3.63, 3.8) is 0 Å². The van der Waals surface area contributed by atoms with Crippen molar-refractivity contribution >= 4 is 75.1 Å². The second-order valence-corrected chi connectivity index (χ2v) is 37.5. The molecule has 4 aliphatic rings. The molecule has 5 rings (SSSR count). The van der Waals surface area contributed by atoms with Crippen LogP contribution in [-0.4, -0.2) is 77.0 Å². The Labute approximate surface area is 295 Å². The molecule has 10 nitrogen and oxygen atoms in total. The van der Waals surface area contributed by atoms with Crippen LogP contribution in [0.4, 0.5) is 0 Å². The number of hydrogen-bond donors (Lipinski definition) is 2. The van der Waals surface area contributed by atoms with Gasteiger partial charge in [0, 0.05) is 31.6 Å². The predicted molar refractivity (Wildman–Crippen MR) is 203 cm³/mol. The number of rotatable bonds is 8. The summed E-state index contributed by atoms with van der Waals surface area (Å²) in [6, 6.07) is 8.65. The van der Waals surface area contributed by atoms with Crippen LogP contribution < -0.4 is 0 Å². The molecule has 2 bridgehead atoms. The van der Waals surface area contributed by atoms with Gasteiger partial charge in [0.1, 0.15) is 18.3 Å². The Hall–Kier alpha value is 0.220. The molecule has 48 heavy (non-hydrogen) atoms. The Balaban J connectivity index is 1.82. The summed E-state index contributed by atoms with van der Waals surface area (Å²) in [5, 5.41) is 24.5. The third-order valence-corrected chi connectivity index (χ3v) is 33.3. The number of carbonyl (C=O) groups excluding carboxylic acids is 3. The van der Waals surface area contributed by atoms with E-state index in [1.807, 2.05) is 26.8 Å². The fraction of sp³-hybridized carbons (Fsp3) is 0.645. The van der Waals surface area contributed by atoms with Gasteiger partial charge in [0.2, 0.25) is 0 Å². The Morgan fingerprint density at radius 3 is 2.08 bits per heavy atom. The van der Waals surface area contributed by atoms with Crippen LogP contribution in [0.5, 0.6) is 0 Å². The minimum Gasteiger partial charge on any atom is -0.458 e. The molecule has 1 aliphatic heterocycles. The van der Waals surface area contributed by atoms with E-state index >= 15 is 0 Å². The number of ether oxygens (including phenoxy) is 4. The molecule has 2 saturated carbocycles. The van der Waals surface area contributed by atoms with Gasteiger partial charge in [-0.05, 0) is 56.0 Å². The number of benzene rings is 1. The number of esters is 3. The molecule has 1 aromatic carbocycles. The molecule has 0 aromatic heterocycles. The number of aliphatic hydroxyl groups excluding tert-OH is 2. The number of fused-ring (bicyclic) bond motifs is 5. The molecular weight excluding hydrogens is 749 g/mol. The third kappa shape index (κ3) is 6.88. The van der Waals surface area contributed by atoms with E-state index in [0.29, 0.717) is 16.7 Å². The Bertz CT molecular complexity index is 1440. The van der Waals surface area contributed by atoms with Gasteiger partial charge in [0.25, 0.3) is 0 Å². The molecule has 7 unspecified atom stereocenters. The van der Waals surface area contributed by atoms with Gasteiger partial charge in [-0.2, -0.15) is 0 Å². The SMILES string of the molecule is CC(=O)O[C@@H]1C2=C(C)[C@@H](O)CC(C(OC(=O)c3ccccc3)C3[C@@](C)([C@@H](OP(P(P)P)P(P)P)C[C@H]4OC[C@@]34OC(C)=O)[C@@H]1O)C2(C)C. The summed E-state index contributed by atoms with van der Waals surface area (Å²) >= 11 is 0. The maximum atomic E-state index is 14.1. The zero-order valence-corrected chi connectivity index (χ0v) is 35.2. The van der Waals surface area contributed by atoms with E-state index in [0.717, 1.165) is 0 Å². The fourth-order valence-corrected chi connectivity index (χ4v) is 41.6. The zero-order chi connectivity index (χ0) is 35.5. The molecule has 0 spiro atoms. The van der Waals surface area contributed by atoms with Crippen molar-refractivity contribution in [2.45, 2.75) is 96.6 Å². The van der Waals surface area contributed by atoms with Crippen molar-refractivity contribution < 1.29 is 48.1 Å². The Kier molecular flexibility index (Phi) is 12.3. The van der Waals surface area contributed by atoms with E-state index in [1.54, 1.807) is 31.2 Å². The lowest BCUT2D eigenvalue weighted by molar-refractivity contribution is -0.351. The normalized spacial score (nSPS) is 37.1. The molecule has 1 saturated heterocycles. The summed E-state index contributed by atoms with van der Waals surface area (Å²) in [6.07, 6.45) is -5.35. The lowest BCUT2D eigenvalue weighted by atomic mass is 9.45. The van der Waals surface area contributed by atoms with Gasteiger partial charge >= 0.3 is 17.9 Å². The van der Waals surface area contributed by atoms with Crippen molar-refractivity contribution in [1.29, 1.82) is 0 Å². The second-order valence-electron chi connectivity index (χ2n) is 13.9. The van der Waals surface area contributed by atoms with Crippen LogP contribution in [-0.2, 0) is 33.1 Å². The maximum absolute atomic E-state index is 14.1. The van der Waals surface area contributed by atoms with Gasteiger partial charge in [0.05, 0.1) is 37.8 Å². The highest BCUT2D eigenvalue weighted by molar-refractivity contribution is 8.96. The molecule has 2 N–H and O–H groups in total. The topological polar surface area (TPSA) is 138 Å². The highest BCUT2D eigenvalue weighted by Crippen LogP contribution is 2.98. The van der Waals surface area contributed by atoms with Gasteiger partial charge in [0.15, 0.2) is 11.7 Å². The van der Waals surface area contributed by atoms with Gasteiger partial charge in [-0.1, -0.05) is 39.0 Å². The highest BCUT2D eigenvalue weighted by Gasteiger charge is 2.76. The summed E-state index contributed by atoms with van der Waals surface area (Å²) in [6.45, 7) is 8.82. The molecule has 3 aliphatic carbocycles. The van der Waals surface area contributed by atoms with Crippen LogP contribution in [0.2, 0.25) is 0 Å². The number of hydrogen-bond acceptors (Lipinski definition) is 10. The van der Waals surface area contributed by atoms with Crippen LogP contribution in [0.3, 0.4) is 0 Å². The molecule has 1 aromatic rings. The average Bonchev–Trinajstić information content (AvgIpc) is 2.99. The van der Waals surface area contributed by atoms with Crippen molar-refractivity contribution in [2.24, 2.45) is 22.7 Å². The van der Waals surface area contributed by atoms with E-state index in [9.17, 15) is 24.6 Å². The van der Waals surface area contributed by atoms with Crippen molar-refractivity contribution in [2.75, 3.05) is 6.61 Å². The molecule has 14 atom stereocenters. The zero-order valence-electron chi connectivity index (χ0n) is 27.9. The van der Waals surface area contributed by atoms with E-state index in [-0.39, 0.29) is 19.4 Å². The van der Waals surface area contributed by atoms with Crippen molar-refractivity contribution in [3.05, 3.63) is 47.0 Å². The number of carbonyl (C=O) groups is 3. The van der Waals surface area contributed by atoms with Crippen molar-refractivity contribution in [1.82, 2.24) is 0 Å². The Morgan fingerprint density at radius 2 is 1.56 bits per heavy atom. The molecule has 17 heteroatoms. The van der Waals surface area contributed by atoms with Gasteiger partial charge in [-0.15, -0.1) is 35.7 Å². The molecule has 266 valence electrons.